The van der Waals surface area contributed by atoms with Gasteiger partial charge in [0.2, 0.25) is 0 Å². The summed E-state index contributed by atoms with van der Waals surface area (Å²) < 4.78 is 23.1. The predicted octanol–water partition coefficient (Wildman–Crippen LogP) is 1.05. The van der Waals surface area contributed by atoms with Gasteiger partial charge in [-0.05, 0) is 20.4 Å². The van der Waals surface area contributed by atoms with Crippen LogP contribution in [0.5, 0.6) is 0 Å². The van der Waals surface area contributed by atoms with Gasteiger partial charge in [-0.15, -0.1) is 11.3 Å². The molecule has 7 heteroatoms. The van der Waals surface area contributed by atoms with Crippen molar-refractivity contribution in [2.45, 2.75) is 19.4 Å². The lowest BCUT2D eigenvalue weighted by Crippen LogP contribution is -2.26. The van der Waals surface area contributed by atoms with E-state index in [-0.39, 0.29) is 11.8 Å². The molecule has 0 saturated carbocycles. The van der Waals surface area contributed by atoms with Crippen LogP contribution in [0.3, 0.4) is 0 Å². The summed E-state index contributed by atoms with van der Waals surface area (Å²) >= 11 is 1.59. The summed E-state index contributed by atoms with van der Waals surface area (Å²) in [5.74, 6) is 0.540. The molecule has 5 nitrogen and oxygen atoms in total. The molecule has 0 bridgehead atoms. The zero-order valence-corrected chi connectivity index (χ0v) is 12.4. The van der Waals surface area contributed by atoms with Crippen molar-refractivity contribution in [3.63, 3.8) is 0 Å². The Balaban J connectivity index is 2.09. The average Bonchev–Trinajstić information content (AvgIpc) is 2.74. The number of aromatic nitrogens is 1. The van der Waals surface area contributed by atoms with E-state index in [0.717, 1.165) is 17.4 Å². The third-order valence-corrected chi connectivity index (χ3v) is 5.85. The highest BCUT2D eigenvalue weighted by Gasteiger charge is 2.21. The smallest absolute Gasteiger partial charge is 0.185 e. The summed E-state index contributed by atoms with van der Waals surface area (Å²) in [7, 11) is -0.947. The molecule has 2 heterocycles. The van der Waals surface area contributed by atoms with Crippen LogP contribution >= 0.6 is 11.3 Å². The van der Waals surface area contributed by atoms with E-state index >= 15 is 0 Å². The highest BCUT2D eigenvalue weighted by Crippen LogP contribution is 2.25. The Kier molecular flexibility index (Phi) is 4.24. The molecule has 18 heavy (non-hydrogen) atoms. The van der Waals surface area contributed by atoms with Crippen molar-refractivity contribution in [2.75, 3.05) is 36.5 Å². The SMILES string of the molecule is CNC(C)c1csc(N2CCCS(=O)(=O)CC2)n1. The Hall–Kier alpha value is -0.660. The monoisotopic (exact) mass is 289 g/mol. The predicted molar refractivity (Wildman–Crippen MR) is 75.1 cm³/mol. The number of nitrogens with zero attached hydrogens (tertiary/aromatic N) is 2. The minimum absolute atomic E-state index is 0.228. The van der Waals surface area contributed by atoms with Gasteiger partial charge in [0.1, 0.15) is 0 Å². The fourth-order valence-corrected chi connectivity index (χ4v) is 4.14. The molecule has 0 spiro atoms. The molecule has 0 aliphatic carbocycles. The summed E-state index contributed by atoms with van der Waals surface area (Å²) in [5, 5.41) is 6.12. The van der Waals surface area contributed by atoms with Crippen LogP contribution in [-0.2, 0) is 9.84 Å². The molecule has 0 amide bonds. The Bertz CT molecular complexity index is 498. The molecule has 1 atom stereocenters. The molecule has 2 rings (SSSR count). The molecule has 1 saturated heterocycles. The summed E-state index contributed by atoms with van der Waals surface area (Å²) in [5.41, 5.74) is 1.02. The van der Waals surface area contributed by atoms with E-state index in [9.17, 15) is 8.42 Å². The summed E-state index contributed by atoms with van der Waals surface area (Å²) in [4.78, 5) is 6.67. The number of thiazole rings is 1. The Morgan fingerprint density at radius 3 is 2.94 bits per heavy atom. The topological polar surface area (TPSA) is 62.3 Å². The average molecular weight is 289 g/mol. The van der Waals surface area contributed by atoms with Gasteiger partial charge in [0, 0.05) is 24.5 Å². The number of nitrogens with one attached hydrogen (secondary N) is 1. The van der Waals surface area contributed by atoms with E-state index in [1.807, 2.05) is 12.4 Å². The maximum absolute atomic E-state index is 11.6. The van der Waals surface area contributed by atoms with Crippen LogP contribution in [-0.4, -0.2) is 45.0 Å². The van der Waals surface area contributed by atoms with Crippen LogP contribution in [0.4, 0.5) is 5.13 Å². The van der Waals surface area contributed by atoms with E-state index in [0.29, 0.717) is 18.7 Å². The van der Waals surface area contributed by atoms with Crippen molar-refractivity contribution in [1.82, 2.24) is 10.3 Å². The molecule has 1 aromatic rings. The van der Waals surface area contributed by atoms with Crippen molar-refractivity contribution in [1.29, 1.82) is 0 Å². The first kappa shape index (κ1) is 13.8. The molecule has 1 aliphatic rings. The van der Waals surface area contributed by atoms with Crippen molar-refractivity contribution in [3.05, 3.63) is 11.1 Å². The molecule has 1 N–H and O–H groups in total. The van der Waals surface area contributed by atoms with E-state index in [1.165, 1.54) is 0 Å². The minimum Gasteiger partial charge on any atom is -0.347 e. The molecular formula is C11H19N3O2S2. The first-order valence-electron chi connectivity index (χ1n) is 6.10. The van der Waals surface area contributed by atoms with Crippen LogP contribution in [0, 0.1) is 0 Å². The molecule has 0 aromatic carbocycles. The zero-order valence-electron chi connectivity index (χ0n) is 10.7. The van der Waals surface area contributed by atoms with Crippen molar-refractivity contribution >= 4 is 26.3 Å². The lowest BCUT2D eigenvalue weighted by Gasteiger charge is -2.18. The van der Waals surface area contributed by atoms with Gasteiger partial charge in [0.05, 0.1) is 17.2 Å². The lowest BCUT2D eigenvalue weighted by atomic mass is 10.3. The first-order valence-corrected chi connectivity index (χ1v) is 8.80. The van der Waals surface area contributed by atoms with Gasteiger partial charge in [-0.1, -0.05) is 0 Å². The van der Waals surface area contributed by atoms with Crippen LogP contribution in [0.15, 0.2) is 5.38 Å². The Labute approximate surface area is 112 Å². The quantitative estimate of drug-likeness (QED) is 0.901. The van der Waals surface area contributed by atoms with Gasteiger partial charge < -0.3 is 10.2 Å². The Morgan fingerprint density at radius 2 is 2.22 bits per heavy atom. The second kappa shape index (κ2) is 5.54. The second-order valence-corrected chi connectivity index (χ2v) is 7.70. The van der Waals surface area contributed by atoms with Crippen LogP contribution in [0.1, 0.15) is 25.1 Å². The van der Waals surface area contributed by atoms with E-state index in [2.05, 4.69) is 22.1 Å². The van der Waals surface area contributed by atoms with Crippen LogP contribution in [0.25, 0.3) is 0 Å². The fraction of sp³-hybridized carbons (Fsp3) is 0.727. The first-order chi connectivity index (χ1) is 8.52. The lowest BCUT2D eigenvalue weighted by molar-refractivity contribution is 0.597. The van der Waals surface area contributed by atoms with Gasteiger partial charge in [0.15, 0.2) is 15.0 Å². The Morgan fingerprint density at radius 1 is 1.44 bits per heavy atom. The third-order valence-electron chi connectivity index (χ3n) is 3.21. The van der Waals surface area contributed by atoms with Crippen LogP contribution < -0.4 is 10.2 Å². The van der Waals surface area contributed by atoms with Crippen molar-refractivity contribution in [3.8, 4) is 0 Å². The molecule has 1 fully saturated rings. The van der Waals surface area contributed by atoms with Gasteiger partial charge >= 0.3 is 0 Å². The molecule has 1 aromatic heterocycles. The number of anilines is 1. The molecular weight excluding hydrogens is 270 g/mol. The van der Waals surface area contributed by atoms with Gasteiger partial charge in [0.25, 0.3) is 0 Å². The largest absolute Gasteiger partial charge is 0.347 e. The van der Waals surface area contributed by atoms with E-state index in [1.54, 1.807) is 11.3 Å². The van der Waals surface area contributed by atoms with Gasteiger partial charge in [-0.25, -0.2) is 13.4 Å². The third kappa shape index (κ3) is 3.21. The van der Waals surface area contributed by atoms with Gasteiger partial charge in [-0.2, -0.15) is 0 Å². The molecule has 1 aliphatic heterocycles. The van der Waals surface area contributed by atoms with Gasteiger partial charge in [-0.3, -0.25) is 0 Å². The van der Waals surface area contributed by atoms with Crippen LogP contribution in [0.2, 0.25) is 0 Å². The van der Waals surface area contributed by atoms with Crippen molar-refractivity contribution < 1.29 is 8.42 Å². The fourth-order valence-electron chi connectivity index (χ4n) is 1.90. The zero-order chi connectivity index (χ0) is 13.2. The molecule has 1 unspecified atom stereocenters. The minimum atomic E-state index is -2.85. The highest BCUT2D eigenvalue weighted by molar-refractivity contribution is 7.91. The van der Waals surface area contributed by atoms with Crippen molar-refractivity contribution in [2.24, 2.45) is 0 Å². The number of rotatable bonds is 3. The number of sulfone groups is 1. The molecule has 0 radical (unpaired) electrons. The summed E-state index contributed by atoms with van der Waals surface area (Å²) in [6, 6.07) is 0.228. The maximum atomic E-state index is 11.6. The number of hydrogen-bond donors (Lipinski definition) is 1. The highest BCUT2D eigenvalue weighted by atomic mass is 32.2. The summed E-state index contributed by atoms with van der Waals surface area (Å²) in [6.07, 6.45) is 0.693. The number of hydrogen-bond acceptors (Lipinski definition) is 6. The maximum Gasteiger partial charge on any atom is 0.185 e. The summed E-state index contributed by atoms with van der Waals surface area (Å²) in [6.45, 7) is 3.40. The standard InChI is InChI=1S/C11H19N3O2S2/c1-9(12-2)10-8-17-11(13-10)14-4-3-6-18(15,16)7-5-14/h8-9,12H,3-7H2,1-2H3. The molecule has 102 valence electrons. The normalized spacial score (nSPS) is 21.6. The second-order valence-electron chi connectivity index (χ2n) is 4.56. The van der Waals surface area contributed by atoms with E-state index < -0.39 is 9.84 Å². The van der Waals surface area contributed by atoms with E-state index in [4.69, 9.17) is 0 Å².